The monoisotopic (exact) mass is 354 g/mol. The molecule has 7 nitrogen and oxygen atoms in total. The van der Waals surface area contributed by atoms with Crippen molar-refractivity contribution in [2.75, 3.05) is 22.4 Å². The maximum atomic E-state index is 13.3. The van der Waals surface area contributed by atoms with E-state index in [1.165, 1.54) is 24.4 Å². The standard InChI is InChI=1S/C15H19FN4O3S/c1-11(2)19-9-13(8-17-19)18-15(21)10-20(24(3,22)23)14-6-4-5-12(16)7-14/h4-9,11H,10H2,1-3H3,(H,18,21). The molecule has 0 unspecified atom stereocenters. The zero-order valence-electron chi connectivity index (χ0n) is 13.6. The van der Waals surface area contributed by atoms with E-state index < -0.39 is 28.3 Å². The van der Waals surface area contributed by atoms with Gasteiger partial charge in [-0.1, -0.05) is 6.07 Å². The molecule has 130 valence electrons. The van der Waals surface area contributed by atoms with Crippen molar-refractivity contribution < 1.29 is 17.6 Å². The highest BCUT2D eigenvalue weighted by molar-refractivity contribution is 7.92. The molecular formula is C15H19FN4O3S. The number of hydrogen-bond donors (Lipinski definition) is 1. The van der Waals surface area contributed by atoms with E-state index in [-0.39, 0.29) is 11.7 Å². The fourth-order valence-corrected chi connectivity index (χ4v) is 2.90. The summed E-state index contributed by atoms with van der Waals surface area (Å²) >= 11 is 0. The molecule has 0 aliphatic rings. The van der Waals surface area contributed by atoms with Crippen molar-refractivity contribution in [3.05, 3.63) is 42.5 Å². The number of carbonyl (C=O) groups is 1. The molecule has 0 bridgehead atoms. The Labute approximate surface area is 140 Å². The smallest absolute Gasteiger partial charge is 0.245 e. The second-order valence-corrected chi connectivity index (χ2v) is 7.51. The molecule has 1 aromatic carbocycles. The van der Waals surface area contributed by atoms with Gasteiger partial charge in [0.1, 0.15) is 12.4 Å². The predicted molar refractivity (Wildman–Crippen MR) is 89.8 cm³/mol. The fourth-order valence-electron chi connectivity index (χ4n) is 2.05. The van der Waals surface area contributed by atoms with Crippen LogP contribution in [0.1, 0.15) is 19.9 Å². The van der Waals surface area contributed by atoms with Gasteiger partial charge in [0.05, 0.1) is 23.8 Å². The molecule has 1 aromatic heterocycles. The molecule has 1 amide bonds. The van der Waals surface area contributed by atoms with Crippen molar-refractivity contribution >= 4 is 27.3 Å². The van der Waals surface area contributed by atoms with Gasteiger partial charge in [0.15, 0.2) is 0 Å². The molecule has 1 heterocycles. The highest BCUT2D eigenvalue weighted by Gasteiger charge is 2.21. The maximum Gasteiger partial charge on any atom is 0.245 e. The first-order chi connectivity index (χ1) is 11.2. The Balaban J connectivity index is 2.16. The molecule has 24 heavy (non-hydrogen) atoms. The summed E-state index contributed by atoms with van der Waals surface area (Å²) in [7, 11) is -3.75. The summed E-state index contributed by atoms with van der Waals surface area (Å²) in [6, 6.07) is 5.20. The predicted octanol–water partition coefficient (Wildman–Crippen LogP) is 2.01. The third-order valence-electron chi connectivity index (χ3n) is 3.20. The number of amides is 1. The van der Waals surface area contributed by atoms with Crippen LogP contribution in [0.2, 0.25) is 0 Å². The average molecular weight is 354 g/mol. The van der Waals surface area contributed by atoms with E-state index in [0.717, 1.165) is 16.6 Å². The van der Waals surface area contributed by atoms with Crippen LogP contribution in [0.5, 0.6) is 0 Å². The first-order valence-corrected chi connectivity index (χ1v) is 9.09. The summed E-state index contributed by atoms with van der Waals surface area (Å²) in [5.74, 6) is -1.13. The third kappa shape index (κ3) is 4.54. The lowest BCUT2D eigenvalue weighted by molar-refractivity contribution is -0.114. The van der Waals surface area contributed by atoms with E-state index in [1.807, 2.05) is 13.8 Å². The molecular weight excluding hydrogens is 335 g/mol. The van der Waals surface area contributed by atoms with Crippen molar-refractivity contribution in [1.82, 2.24) is 9.78 Å². The van der Waals surface area contributed by atoms with Gasteiger partial charge in [-0.15, -0.1) is 0 Å². The molecule has 9 heteroatoms. The number of benzene rings is 1. The molecule has 2 aromatic rings. The molecule has 0 atom stereocenters. The minimum Gasteiger partial charge on any atom is -0.322 e. The van der Waals surface area contributed by atoms with Gasteiger partial charge in [-0.2, -0.15) is 5.10 Å². The molecule has 2 rings (SSSR count). The van der Waals surface area contributed by atoms with E-state index in [4.69, 9.17) is 0 Å². The van der Waals surface area contributed by atoms with Crippen LogP contribution in [0.3, 0.4) is 0 Å². The maximum absolute atomic E-state index is 13.3. The minimum atomic E-state index is -3.75. The first-order valence-electron chi connectivity index (χ1n) is 7.24. The van der Waals surface area contributed by atoms with Gasteiger partial charge in [0.25, 0.3) is 0 Å². The van der Waals surface area contributed by atoms with E-state index in [0.29, 0.717) is 5.69 Å². The fraction of sp³-hybridized carbons (Fsp3) is 0.333. The number of carbonyl (C=O) groups excluding carboxylic acids is 1. The molecule has 0 saturated heterocycles. The van der Waals surface area contributed by atoms with Crippen LogP contribution in [0.15, 0.2) is 36.7 Å². The number of hydrogen-bond acceptors (Lipinski definition) is 4. The largest absolute Gasteiger partial charge is 0.322 e. The lowest BCUT2D eigenvalue weighted by Gasteiger charge is -2.21. The molecule has 1 N–H and O–H groups in total. The van der Waals surface area contributed by atoms with E-state index in [9.17, 15) is 17.6 Å². The highest BCUT2D eigenvalue weighted by atomic mass is 32.2. The molecule has 0 radical (unpaired) electrons. The Hall–Kier alpha value is -2.42. The number of halogens is 1. The summed E-state index contributed by atoms with van der Waals surface area (Å²) < 4.78 is 39.7. The topological polar surface area (TPSA) is 84.3 Å². The van der Waals surface area contributed by atoms with Crippen LogP contribution < -0.4 is 9.62 Å². The number of anilines is 2. The Morgan fingerprint density at radius 2 is 2.12 bits per heavy atom. The normalized spacial score (nSPS) is 11.5. The lowest BCUT2D eigenvalue weighted by Crippen LogP contribution is -2.37. The van der Waals surface area contributed by atoms with Gasteiger partial charge in [0, 0.05) is 12.2 Å². The number of nitrogens with one attached hydrogen (secondary N) is 1. The third-order valence-corrected chi connectivity index (χ3v) is 4.34. The lowest BCUT2D eigenvalue weighted by atomic mass is 10.3. The quantitative estimate of drug-likeness (QED) is 0.860. The van der Waals surface area contributed by atoms with Crippen LogP contribution in [0.25, 0.3) is 0 Å². The van der Waals surface area contributed by atoms with Crippen LogP contribution in [0, 0.1) is 5.82 Å². The molecule has 0 aliphatic heterocycles. The van der Waals surface area contributed by atoms with Crippen molar-refractivity contribution in [2.24, 2.45) is 0 Å². The molecule has 0 fully saturated rings. The summed E-state index contributed by atoms with van der Waals surface area (Å²) in [4.78, 5) is 12.2. The molecule has 0 aliphatic carbocycles. The van der Waals surface area contributed by atoms with Crippen molar-refractivity contribution in [1.29, 1.82) is 0 Å². The van der Waals surface area contributed by atoms with Crippen LogP contribution in [-0.2, 0) is 14.8 Å². The van der Waals surface area contributed by atoms with Crippen LogP contribution >= 0.6 is 0 Å². The Bertz CT molecular complexity index is 833. The van der Waals surface area contributed by atoms with Crippen LogP contribution in [-0.4, -0.2) is 36.9 Å². The minimum absolute atomic E-state index is 0.0884. The zero-order chi connectivity index (χ0) is 17.9. The summed E-state index contributed by atoms with van der Waals surface area (Å²) in [5, 5.41) is 6.67. The zero-order valence-corrected chi connectivity index (χ0v) is 14.4. The highest BCUT2D eigenvalue weighted by Crippen LogP contribution is 2.19. The van der Waals surface area contributed by atoms with Gasteiger partial charge < -0.3 is 5.32 Å². The van der Waals surface area contributed by atoms with Crippen LogP contribution in [0.4, 0.5) is 15.8 Å². The Morgan fingerprint density at radius 1 is 1.42 bits per heavy atom. The van der Waals surface area contributed by atoms with E-state index in [2.05, 4.69) is 10.4 Å². The van der Waals surface area contributed by atoms with Gasteiger partial charge in [-0.25, -0.2) is 12.8 Å². The molecule has 0 saturated carbocycles. The van der Waals surface area contributed by atoms with E-state index >= 15 is 0 Å². The van der Waals surface area contributed by atoms with Gasteiger partial charge in [-0.05, 0) is 32.0 Å². The second-order valence-electron chi connectivity index (χ2n) is 5.60. The number of rotatable bonds is 6. The summed E-state index contributed by atoms with van der Waals surface area (Å²) in [5.41, 5.74) is 0.548. The van der Waals surface area contributed by atoms with Gasteiger partial charge >= 0.3 is 0 Å². The Morgan fingerprint density at radius 3 is 2.67 bits per heavy atom. The van der Waals surface area contributed by atoms with Crippen molar-refractivity contribution in [3.8, 4) is 0 Å². The summed E-state index contributed by atoms with van der Waals surface area (Å²) in [6.07, 6.45) is 4.09. The first kappa shape index (κ1) is 17.9. The number of nitrogens with zero attached hydrogens (tertiary/aromatic N) is 3. The second kappa shape index (κ2) is 7.00. The number of sulfonamides is 1. The van der Waals surface area contributed by atoms with Crippen molar-refractivity contribution in [2.45, 2.75) is 19.9 Å². The van der Waals surface area contributed by atoms with E-state index in [1.54, 1.807) is 10.9 Å². The van der Waals surface area contributed by atoms with Gasteiger partial charge in [0.2, 0.25) is 15.9 Å². The van der Waals surface area contributed by atoms with Gasteiger partial charge in [-0.3, -0.25) is 13.8 Å². The summed E-state index contributed by atoms with van der Waals surface area (Å²) in [6.45, 7) is 3.41. The SMILES string of the molecule is CC(C)n1cc(NC(=O)CN(c2cccc(F)c2)S(C)(=O)=O)cn1. The Kier molecular flexibility index (Phi) is 5.23. The molecule has 0 spiro atoms. The average Bonchev–Trinajstić information content (AvgIpc) is 2.92. The van der Waals surface area contributed by atoms with Crippen molar-refractivity contribution in [3.63, 3.8) is 0 Å². The number of aromatic nitrogens is 2.